The number of nitrogens with one attached hydrogen (secondary N) is 2. The molecule has 0 aliphatic carbocycles. The molecule has 0 fully saturated rings. The molecule has 0 bridgehead atoms. The van der Waals surface area contributed by atoms with E-state index in [2.05, 4.69) is 15.4 Å². The first-order valence-corrected chi connectivity index (χ1v) is 8.58. The fourth-order valence-corrected chi connectivity index (χ4v) is 2.75. The number of amides is 1. The maximum Gasteiger partial charge on any atom is 0.422 e. The third kappa shape index (κ3) is 7.04. The fraction of sp³-hybridized carbons (Fsp3) is 0.353. The fourth-order valence-electron chi connectivity index (χ4n) is 2.04. The van der Waals surface area contributed by atoms with Crippen LogP contribution in [0.3, 0.4) is 0 Å². The molecule has 1 amide bonds. The summed E-state index contributed by atoms with van der Waals surface area (Å²) in [7, 11) is 0. The summed E-state index contributed by atoms with van der Waals surface area (Å²) in [6, 6.07) is 9.51. The van der Waals surface area contributed by atoms with Gasteiger partial charge in [0.1, 0.15) is 11.8 Å². The van der Waals surface area contributed by atoms with Crippen molar-refractivity contribution in [2.45, 2.75) is 25.6 Å². The molecule has 0 saturated carbocycles. The topological polar surface area (TPSA) is 50.4 Å². The van der Waals surface area contributed by atoms with Gasteiger partial charge in [0.25, 0.3) is 0 Å². The third-order valence-electron chi connectivity index (χ3n) is 3.28. The predicted octanol–water partition coefficient (Wildman–Crippen LogP) is 3.85. The molecule has 0 aliphatic rings. The number of hydrogen-bond acceptors (Lipinski definition) is 4. The smallest absolute Gasteiger partial charge is 0.422 e. The summed E-state index contributed by atoms with van der Waals surface area (Å²) < 4.78 is 40.9. The molecule has 0 saturated heterocycles. The van der Waals surface area contributed by atoms with Crippen molar-refractivity contribution >= 4 is 22.9 Å². The Morgan fingerprint density at radius 3 is 2.56 bits per heavy atom. The van der Waals surface area contributed by atoms with Crippen LogP contribution in [0.4, 0.5) is 18.9 Å². The van der Waals surface area contributed by atoms with E-state index in [0.29, 0.717) is 12.2 Å². The molecule has 2 aromatic rings. The van der Waals surface area contributed by atoms with Crippen molar-refractivity contribution in [1.82, 2.24) is 5.32 Å². The molecule has 8 heteroatoms. The maximum absolute atomic E-state index is 12.1. The molecule has 1 heterocycles. The van der Waals surface area contributed by atoms with E-state index in [0.717, 1.165) is 6.42 Å². The standard InChI is InChI=1S/C17H19F3N2O2S/c1-12(16(23)21-9-8-15-3-2-10-25-15)22-13-4-6-14(7-5-13)24-11-17(18,19)20/h2-7,10,12,22H,8-9,11H2,1H3,(H,21,23). The van der Waals surface area contributed by atoms with Crippen LogP contribution in [-0.4, -0.2) is 31.3 Å². The van der Waals surface area contributed by atoms with E-state index >= 15 is 0 Å². The number of ether oxygens (including phenoxy) is 1. The Bertz CT molecular complexity index is 658. The van der Waals surface area contributed by atoms with Gasteiger partial charge >= 0.3 is 6.18 Å². The predicted molar refractivity (Wildman–Crippen MR) is 92.1 cm³/mol. The first kappa shape index (κ1) is 19.1. The van der Waals surface area contributed by atoms with E-state index in [1.165, 1.54) is 17.0 Å². The summed E-state index contributed by atoms with van der Waals surface area (Å²) >= 11 is 1.64. The van der Waals surface area contributed by atoms with Gasteiger partial charge in [0.15, 0.2) is 6.61 Å². The van der Waals surface area contributed by atoms with Gasteiger partial charge in [-0.05, 0) is 49.1 Å². The SMILES string of the molecule is CC(Nc1ccc(OCC(F)(F)F)cc1)C(=O)NCCc1cccs1. The van der Waals surface area contributed by atoms with Crippen molar-refractivity contribution in [2.75, 3.05) is 18.5 Å². The minimum Gasteiger partial charge on any atom is -0.484 e. The number of alkyl halides is 3. The highest BCUT2D eigenvalue weighted by molar-refractivity contribution is 7.09. The summed E-state index contributed by atoms with van der Waals surface area (Å²) in [5.41, 5.74) is 0.625. The zero-order valence-electron chi connectivity index (χ0n) is 13.6. The molecule has 2 N–H and O–H groups in total. The molecule has 1 unspecified atom stereocenters. The quantitative estimate of drug-likeness (QED) is 0.740. The highest BCUT2D eigenvalue weighted by atomic mass is 32.1. The third-order valence-corrected chi connectivity index (χ3v) is 4.22. The summed E-state index contributed by atoms with van der Waals surface area (Å²) in [4.78, 5) is 13.2. The van der Waals surface area contributed by atoms with Gasteiger partial charge in [0.05, 0.1) is 0 Å². The van der Waals surface area contributed by atoms with Crippen LogP contribution in [0.25, 0.3) is 0 Å². The van der Waals surface area contributed by atoms with Gasteiger partial charge < -0.3 is 15.4 Å². The zero-order valence-corrected chi connectivity index (χ0v) is 14.4. The molecule has 0 aliphatic heterocycles. The Labute approximate surface area is 148 Å². The van der Waals surface area contributed by atoms with Gasteiger partial charge in [0, 0.05) is 17.1 Å². The van der Waals surface area contributed by atoms with Gasteiger partial charge in [-0.25, -0.2) is 0 Å². The average molecular weight is 372 g/mol. The lowest BCUT2D eigenvalue weighted by Crippen LogP contribution is -2.38. The van der Waals surface area contributed by atoms with E-state index in [1.54, 1.807) is 30.4 Å². The van der Waals surface area contributed by atoms with Crippen molar-refractivity contribution in [3.05, 3.63) is 46.7 Å². The molecule has 4 nitrogen and oxygen atoms in total. The van der Waals surface area contributed by atoms with Gasteiger partial charge in [-0.3, -0.25) is 4.79 Å². The van der Waals surface area contributed by atoms with Gasteiger partial charge in [-0.2, -0.15) is 13.2 Å². The second-order valence-electron chi connectivity index (χ2n) is 5.41. The number of carbonyl (C=O) groups is 1. The average Bonchev–Trinajstić information content (AvgIpc) is 3.06. The molecule has 25 heavy (non-hydrogen) atoms. The van der Waals surface area contributed by atoms with E-state index in [-0.39, 0.29) is 11.7 Å². The highest BCUT2D eigenvalue weighted by Gasteiger charge is 2.28. The normalized spacial score (nSPS) is 12.5. The molecule has 1 aromatic carbocycles. The van der Waals surface area contributed by atoms with Gasteiger partial charge in [-0.1, -0.05) is 6.07 Å². The highest BCUT2D eigenvalue weighted by Crippen LogP contribution is 2.20. The van der Waals surface area contributed by atoms with Crippen LogP contribution < -0.4 is 15.4 Å². The minimum absolute atomic E-state index is 0.121. The molecule has 136 valence electrons. The molecule has 0 radical (unpaired) electrons. The Kier molecular flexibility index (Phi) is 6.69. The van der Waals surface area contributed by atoms with Gasteiger partial charge in [0.2, 0.25) is 5.91 Å². The zero-order chi connectivity index (χ0) is 18.3. The minimum atomic E-state index is -4.37. The van der Waals surface area contributed by atoms with Crippen molar-refractivity contribution in [2.24, 2.45) is 0 Å². The number of halogens is 3. The number of carbonyl (C=O) groups excluding carboxylic acids is 1. The molecular weight excluding hydrogens is 353 g/mol. The van der Waals surface area contributed by atoms with E-state index in [9.17, 15) is 18.0 Å². The summed E-state index contributed by atoms with van der Waals surface area (Å²) in [5, 5.41) is 7.83. The van der Waals surface area contributed by atoms with Crippen LogP contribution in [-0.2, 0) is 11.2 Å². The molecule has 1 atom stereocenters. The van der Waals surface area contributed by atoms with Crippen LogP contribution in [0.15, 0.2) is 41.8 Å². The van der Waals surface area contributed by atoms with Crippen LogP contribution >= 0.6 is 11.3 Å². The molecule has 2 rings (SSSR count). The summed E-state index contributed by atoms with van der Waals surface area (Å²) in [6.45, 7) is 0.937. The lowest BCUT2D eigenvalue weighted by atomic mass is 10.2. The first-order valence-electron chi connectivity index (χ1n) is 7.70. The van der Waals surface area contributed by atoms with Crippen molar-refractivity contribution in [3.8, 4) is 5.75 Å². The maximum atomic E-state index is 12.1. The van der Waals surface area contributed by atoms with Crippen LogP contribution in [0, 0.1) is 0 Å². The van der Waals surface area contributed by atoms with Crippen molar-refractivity contribution in [3.63, 3.8) is 0 Å². The Morgan fingerprint density at radius 1 is 1.24 bits per heavy atom. The number of anilines is 1. The number of benzene rings is 1. The molecule has 0 spiro atoms. The Morgan fingerprint density at radius 2 is 1.96 bits per heavy atom. The van der Waals surface area contributed by atoms with Crippen molar-refractivity contribution in [1.29, 1.82) is 0 Å². The lowest BCUT2D eigenvalue weighted by molar-refractivity contribution is -0.153. The second kappa shape index (κ2) is 8.75. The monoisotopic (exact) mass is 372 g/mol. The Hall–Kier alpha value is -2.22. The van der Waals surface area contributed by atoms with Gasteiger partial charge in [-0.15, -0.1) is 11.3 Å². The number of hydrogen-bond donors (Lipinski definition) is 2. The summed E-state index contributed by atoms with van der Waals surface area (Å²) in [5.74, 6) is -0.0233. The Balaban J connectivity index is 1.75. The van der Waals surface area contributed by atoms with E-state index in [1.807, 2.05) is 17.5 Å². The largest absolute Gasteiger partial charge is 0.484 e. The number of rotatable bonds is 8. The van der Waals surface area contributed by atoms with E-state index < -0.39 is 18.8 Å². The molecular formula is C17H19F3N2O2S. The number of thiophene rings is 1. The van der Waals surface area contributed by atoms with E-state index in [4.69, 9.17) is 0 Å². The van der Waals surface area contributed by atoms with Crippen LogP contribution in [0.1, 0.15) is 11.8 Å². The van der Waals surface area contributed by atoms with Crippen LogP contribution in [0.2, 0.25) is 0 Å². The second-order valence-corrected chi connectivity index (χ2v) is 6.45. The first-order chi connectivity index (χ1) is 11.8. The molecule has 1 aromatic heterocycles. The lowest BCUT2D eigenvalue weighted by Gasteiger charge is -2.16. The van der Waals surface area contributed by atoms with Crippen LogP contribution in [0.5, 0.6) is 5.75 Å². The van der Waals surface area contributed by atoms with Crippen molar-refractivity contribution < 1.29 is 22.7 Å². The summed E-state index contributed by atoms with van der Waals surface area (Å²) in [6.07, 6.45) is -3.59.